The van der Waals surface area contributed by atoms with Gasteiger partial charge >= 0.3 is 0 Å². The van der Waals surface area contributed by atoms with Gasteiger partial charge in [-0.2, -0.15) is 5.10 Å². The molecule has 1 aliphatic rings. The van der Waals surface area contributed by atoms with E-state index in [1.165, 1.54) is 24.3 Å². The zero-order chi connectivity index (χ0) is 22.8. The van der Waals surface area contributed by atoms with Crippen LogP contribution in [0.4, 0.5) is 0 Å². The maximum Gasteiger partial charge on any atom is 0.217 e. The third kappa shape index (κ3) is 3.66. The zero-order valence-electron chi connectivity index (χ0n) is 18.3. The molecule has 32 heavy (non-hydrogen) atoms. The van der Waals surface area contributed by atoms with Crippen molar-refractivity contribution < 1.29 is 19.0 Å². The van der Waals surface area contributed by atoms with Gasteiger partial charge in [0.05, 0.1) is 27.4 Å². The molecule has 0 spiro atoms. The third-order valence-electron chi connectivity index (χ3n) is 5.56. The molecule has 166 valence electrons. The molecule has 9 nitrogen and oxygen atoms in total. The van der Waals surface area contributed by atoms with E-state index in [1.54, 1.807) is 33.5 Å². The second-order valence-electron chi connectivity index (χ2n) is 7.41. The molecule has 0 bridgehead atoms. The predicted octanol–water partition coefficient (Wildman–Crippen LogP) is 2.44. The number of rotatable bonds is 5. The van der Waals surface area contributed by atoms with Crippen LogP contribution in [0.5, 0.6) is 17.2 Å². The second kappa shape index (κ2) is 8.70. The number of aromatic nitrogens is 3. The summed E-state index contributed by atoms with van der Waals surface area (Å²) in [6.45, 7) is 1.46. The number of fused-ring (bicyclic) bond motifs is 3. The van der Waals surface area contributed by atoms with Gasteiger partial charge in [-0.05, 0) is 47.7 Å². The van der Waals surface area contributed by atoms with Gasteiger partial charge in [-0.3, -0.25) is 9.59 Å². The van der Waals surface area contributed by atoms with E-state index >= 15 is 0 Å². The minimum atomic E-state index is -0.361. The highest BCUT2D eigenvalue weighted by atomic mass is 16.5. The van der Waals surface area contributed by atoms with Crippen molar-refractivity contribution in [2.75, 3.05) is 21.3 Å². The molecule has 0 saturated carbocycles. The Kier molecular flexibility index (Phi) is 5.81. The molecule has 9 heteroatoms. The lowest BCUT2D eigenvalue weighted by atomic mass is 9.95. The summed E-state index contributed by atoms with van der Waals surface area (Å²) in [7, 11) is 4.69. The van der Waals surface area contributed by atoms with Gasteiger partial charge in [0.25, 0.3) is 0 Å². The highest BCUT2D eigenvalue weighted by molar-refractivity contribution is 5.83. The first-order valence-corrected chi connectivity index (χ1v) is 10.1. The summed E-state index contributed by atoms with van der Waals surface area (Å²) in [5.74, 6) is 1.34. The van der Waals surface area contributed by atoms with Crippen LogP contribution in [0.1, 0.15) is 30.5 Å². The molecule has 0 saturated heterocycles. The molecule has 1 aromatic heterocycles. The molecular formula is C23H24N4O5. The van der Waals surface area contributed by atoms with Crippen molar-refractivity contribution in [3.8, 4) is 34.1 Å². The van der Waals surface area contributed by atoms with Gasteiger partial charge in [0, 0.05) is 12.5 Å². The fourth-order valence-electron chi connectivity index (χ4n) is 4.22. The van der Waals surface area contributed by atoms with E-state index in [1.807, 2.05) is 12.1 Å². The van der Waals surface area contributed by atoms with Crippen LogP contribution in [0.2, 0.25) is 0 Å². The molecule has 1 heterocycles. The average Bonchev–Trinajstić information content (AvgIpc) is 3.20. The van der Waals surface area contributed by atoms with Crippen LogP contribution in [0.3, 0.4) is 0 Å². The SMILES string of the molecule is COc1cc2c(c(OC)c1OC)-c1ccc(-n3cncn3)c(=O)cc1[C@@H](NC(C)=O)CC2. The van der Waals surface area contributed by atoms with Crippen molar-refractivity contribution in [3.05, 3.63) is 58.3 Å². The number of carbonyl (C=O) groups excluding carboxylic acids is 1. The summed E-state index contributed by atoms with van der Waals surface area (Å²) in [4.78, 5) is 29.1. The van der Waals surface area contributed by atoms with Gasteiger partial charge in [0.15, 0.2) is 11.5 Å². The van der Waals surface area contributed by atoms with Crippen molar-refractivity contribution >= 4 is 5.91 Å². The van der Waals surface area contributed by atoms with Crippen LogP contribution in [-0.4, -0.2) is 42.0 Å². The summed E-state index contributed by atoms with van der Waals surface area (Å²) in [6, 6.07) is 6.66. The third-order valence-corrected chi connectivity index (χ3v) is 5.56. The van der Waals surface area contributed by atoms with Gasteiger partial charge in [-0.15, -0.1) is 0 Å². The normalized spacial score (nSPS) is 14.6. The van der Waals surface area contributed by atoms with Crippen molar-refractivity contribution in [1.29, 1.82) is 0 Å². The van der Waals surface area contributed by atoms with Crippen LogP contribution in [0, 0.1) is 0 Å². The van der Waals surface area contributed by atoms with Crippen LogP contribution < -0.4 is 25.0 Å². The quantitative estimate of drug-likeness (QED) is 0.655. The molecule has 0 aliphatic heterocycles. The van der Waals surface area contributed by atoms with Crippen LogP contribution in [0.25, 0.3) is 16.8 Å². The monoisotopic (exact) mass is 436 g/mol. The number of amides is 1. The molecule has 1 aliphatic carbocycles. The number of methoxy groups -OCH3 is 3. The standard InChI is InChI=1S/C23H24N4O5/c1-13(28)26-17-7-5-14-9-20(30-2)22(31-3)23(32-4)21(14)15-6-8-18(19(29)10-16(15)17)27-12-24-11-25-27/h6,8-12,17H,5,7H2,1-4H3,(H,26,28)/t17-/m0/s1. The van der Waals surface area contributed by atoms with Crippen molar-refractivity contribution in [2.45, 2.75) is 25.8 Å². The topological polar surface area (TPSA) is 105 Å². The van der Waals surface area contributed by atoms with E-state index in [9.17, 15) is 9.59 Å². The Morgan fingerprint density at radius 3 is 2.53 bits per heavy atom. The van der Waals surface area contributed by atoms with Crippen molar-refractivity contribution in [2.24, 2.45) is 0 Å². The number of nitrogens with zero attached hydrogens (tertiary/aromatic N) is 3. The van der Waals surface area contributed by atoms with E-state index < -0.39 is 0 Å². The van der Waals surface area contributed by atoms with Gasteiger partial charge < -0.3 is 19.5 Å². The van der Waals surface area contributed by atoms with E-state index in [2.05, 4.69) is 15.4 Å². The Balaban J connectivity index is 2.07. The van der Waals surface area contributed by atoms with Gasteiger partial charge in [-0.25, -0.2) is 9.67 Å². The number of hydrogen-bond acceptors (Lipinski definition) is 7. The molecule has 4 rings (SSSR count). The molecule has 1 atom stereocenters. The summed E-state index contributed by atoms with van der Waals surface area (Å²) in [5, 5.41) is 7.08. The van der Waals surface area contributed by atoms with Gasteiger partial charge in [-0.1, -0.05) is 6.07 Å². The Bertz CT molecular complexity index is 1220. The Morgan fingerprint density at radius 2 is 1.91 bits per heavy atom. The first kappa shape index (κ1) is 21.4. The maximum absolute atomic E-state index is 13.1. The zero-order valence-corrected chi connectivity index (χ0v) is 18.3. The smallest absolute Gasteiger partial charge is 0.217 e. The molecule has 0 unspecified atom stereocenters. The lowest BCUT2D eigenvalue weighted by Gasteiger charge is -2.19. The van der Waals surface area contributed by atoms with Crippen LogP contribution in [-0.2, 0) is 11.2 Å². The number of aryl methyl sites for hydroxylation is 1. The van der Waals surface area contributed by atoms with E-state index in [4.69, 9.17) is 14.2 Å². The van der Waals surface area contributed by atoms with Gasteiger partial charge in [0.1, 0.15) is 18.3 Å². The van der Waals surface area contributed by atoms with Crippen LogP contribution >= 0.6 is 0 Å². The minimum Gasteiger partial charge on any atom is -0.493 e. The number of benzene rings is 1. The fraction of sp³-hybridized carbons (Fsp3) is 0.304. The number of nitrogens with one attached hydrogen (secondary N) is 1. The Morgan fingerprint density at radius 1 is 1.12 bits per heavy atom. The van der Waals surface area contributed by atoms with Crippen LogP contribution in [0.15, 0.2) is 41.7 Å². The molecule has 0 fully saturated rings. The second-order valence-corrected chi connectivity index (χ2v) is 7.41. The summed E-state index contributed by atoms with van der Waals surface area (Å²) >= 11 is 0. The summed E-state index contributed by atoms with van der Waals surface area (Å²) in [5.41, 5.74) is 3.33. The Hall–Kier alpha value is -3.88. The minimum absolute atomic E-state index is 0.176. The number of carbonyl (C=O) groups is 1. The Labute approximate surface area is 185 Å². The molecule has 1 N–H and O–H groups in total. The molecule has 2 aromatic carbocycles. The van der Waals surface area contributed by atoms with Crippen molar-refractivity contribution in [3.63, 3.8) is 0 Å². The number of ether oxygens (including phenoxy) is 3. The first-order valence-electron chi connectivity index (χ1n) is 10.1. The molecule has 3 aromatic rings. The van der Waals surface area contributed by atoms with E-state index in [0.717, 1.165) is 16.7 Å². The largest absolute Gasteiger partial charge is 0.493 e. The number of hydrogen-bond donors (Lipinski definition) is 1. The van der Waals surface area contributed by atoms with E-state index in [0.29, 0.717) is 41.3 Å². The van der Waals surface area contributed by atoms with Gasteiger partial charge in [0.2, 0.25) is 17.1 Å². The fourth-order valence-corrected chi connectivity index (χ4v) is 4.22. The molecular weight excluding hydrogens is 412 g/mol. The predicted molar refractivity (Wildman–Crippen MR) is 118 cm³/mol. The highest BCUT2D eigenvalue weighted by Crippen LogP contribution is 2.50. The average molecular weight is 436 g/mol. The maximum atomic E-state index is 13.1. The van der Waals surface area contributed by atoms with E-state index in [-0.39, 0.29) is 17.4 Å². The lowest BCUT2D eigenvalue weighted by Crippen LogP contribution is -2.26. The summed E-state index contributed by atoms with van der Waals surface area (Å²) in [6.07, 6.45) is 4.07. The highest BCUT2D eigenvalue weighted by Gasteiger charge is 2.29. The molecule has 1 amide bonds. The lowest BCUT2D eigenvalue weighted by molar-refractivity contribution is -0.119. The summed E-state index contributed by atoms with van der Waals surface area (Å²) < 4.78 is 18.3. The van der Waals surface area contributed by atoms with Crippen molar-refractivity contribution in [1.82, 2.24) is 20.1 Å². The first-order chi connectivity index (χ1) is 15.5. The molecule has 0 radical (unpaired) electrons.